The van der Waals surface area contributed by atoms with E-state index in [-0.39, 0.29) is 5.91 Å². The number of benzene rings is 1. The highest BCUT2D eigenvalue weighted by Gasteiger charge is 2.15. The van der Waals surface area contributed by atoms with Gasteiger partial charge in [-0.05, 0) is 24.8 Å². The maximum atomic E-state index is 12.3. The molecule has 1 amide bonds. The van der Waals surface area contributed by atoms with E-state index in [0.29, 0.717) is 21.6 Å². The molecule has 2 rings (SSSR count). The number of aryl methyl sites for hydroxylation is 1. The van der Waals surface area contributed by atoms with Crippen molar-refractivity contribution in [2.45, 2.75) is 12.1 Å². The molecule has 0 unspecified atom stereocenters. The third kappa shape index (κ3) is 3.65. The Balaban J connectivity index is 2.19. The highest BCUT2D eigenvalue weighted by molar-refractivity contribution is 7.98. The third-order valence-electron chi connectivity index (χ3n) is 2.86. The van der Waals surface area contributed by atoms with Crippen molar-refractivity contribution >= 4 is 35.1 Å². The zero-order valence-electron chi connectivity index (χ0n) is 11.9. The summed E-state index contributed by atoms with van der Waals surface area (Å²) >= 11 is 7.53. The molecule has 0 aliphatic rings. The molecule has 1 aromatic heterocycles. The number of halogens is 1. The van der Waals surface area contributed by atoms with E-state index in [0.717, 1.165) is 5.56 Å². The number of nitrogens with zero attached hydrogens (tertiary/aromatic N) is 3. The number of amides is 1. The van der Waals surface area contributed by atoms with Crippen LogP contribution in [0, 0.1) is 6.92 Å². The summed E-state index contributed by atoms with van der Waals surface area (Å²) in [5.74, 6) is 0.331. The number of hydrogen-bond donors (Lipinski definition) is 1. The molecule has 1 aromatic carbocycles. The van der Waals surface area contributed by atoms with Gasteiger partial charge in [-0.2, -0.15) is 0 Å². The lowest BCUT2D eigenvalue weighted by atomic mass is 10.1. The molecule has 1 N–H and O–H groups in total. The summed E-state index contributed by atoms with van der Waals surface area (Å²) in [6.45, 7) is 1.84. The lowest BCUT2D eigenvalue weighted by Gasteiger charge is -2.20. The minimum absolute atomic E-state index is 0.273. The fraction of sp³-hybridized carbons (Fsp3) is 0.214. The molecule has 5 nitrogen and oxygen atoms in total. The lowest BCUT2D eigenvalue weighted by Crippen LogP contribution is -2.40. The monoisotopic (exact) mass is 322 g/mol. The Labute approximate surface area is 132 Å². The molecule has 1 heterocycles. The molecule has 2 aromatic rings. The summed E-state index contributed by atoms with van der Waals surface area (Å²) in [6.07, 6.45) is 3.54. The number of nitrogens with one attached hydrogen (secondary N) is 1. The Bertz CT molecular complexity index is 645. The van der Waals surface area contributed by atoms with E-state index in [2.05, 4.69) is 15.4 Å². The summed E-state index contributed by atoms with van der Waals surface area (Å²) in [4.78, 5) is 20.7. The van der Waals surface area contributed by atoms with Crippen molar-refractivity contribution in [2.24, 2.45) is 0 Å². The average Bonchev–Trinajstić information content (AvgIpc) is 2.47. The van der Waals surface area contributed by atoms with E-state index in [4.69, 9.17) is 11.6 Å². The van der Waals surface area contributed by atoms with E-state index in [1.54, 1.807) is 30.4 Å². The first-order chi connectivity index (χ1) is 10.0. The molecular formula is C14H15ClN4OS. The maximum Gasteiger partial charge on any atom is 0.271 e. The molecule has 0 spiro atoms. The first-order valence-electron chi connectivity index (χ1n) is 6.19. The van der Waals surface area contributed by atoms with Crippen molar-refractivity contribution < 1.29 is 4.79 Å². The molecule has 0 fully saturated rings. The van der Waals surface area contributed by atoms with Gasteiger partial charge >= 0.3 is 0 Å². The third-order valence-corrected chi connectivity index (χ3v) is 3.74. The Morgan fingerprint density at radius 1 is 1.38 bits per heavy atom. The van der Waals surface area contributed by atoms with Gasteiger partial charge in [-0.15, -0.1) is 0 Å². The van der Waals surface area contributed by atoms with Gasteiger partial charge in [0.1, 0.15) is 0 Å². The van der Waals surface area contributed by atoms with E-state index in [1.165, 1.54) is 11.8 Å². The molecule has 0 aliphatic heterocycles. The van der Waals surface area contributed by atoms with Crippen molar-refractivity contribution in [1.82, 2.24) is 15.4 Å². The van der Waals surface area contributed by atoms with Gasteiger partial charge in [0, 0.05) is 19.3 Å². The summed E-state index contributed by atoms with van der Waals surface area (Å²) < 4.78 is 0. The molecular weight excluding hydrogens is 308 g/mol. The van der Waals surface area contributed by atoms with E-state index >= 15 is 0 Å². The van der Waals surface area contributed by atoms with Gasteiger partial charge in [0.15, 0.2) is 11.0 Å². The fourth-order valence-corrected chi connectivity index (χ4v) is 2.46. The van der Waals surface area contributed by atoms with Crippen LogP contribution in [-0.4, -0.2) is 29.2 Å². The number of rotatable bonds is 4. The van der Waals surface area contributed by atoms with Crippen molar-refractivity contribution in [3.8, 4) is 0 Å². The van der Waals surface area contributed by atoms with Gasteiger partial charge in [-0.1, -0.05) is 35.5 Å². The molecule has 7 heteroatoms. The number of hydrazine groups is 1. The Kier molecular flexibility index (Phi) is 5.03. The van der Waals surface area contributed by atoms with Crippen molar-refractivity contribution in [2.75, 3.05) is 18.3 Å². The summed E-state index contributed by atoms with van der Waals surface area (Å²) in [5, 5.41) is 2.61. The van der Waals surface area contributed by atoms with Crippen molar-refractivity contribution in [1.29, 1.82) is 0 Å². The van der Waals surface area contributed by atoms with Crippen LogP contribution in [-0.2, 0) is 0 Å². The summed E-state index contributed by atoms with van der Waals surface area (Å²) in [5.41, 5.74) is 4.04. The zero-order valence-corrected chi connectivity index (χ0v) is 13.5. The number of carbonyl (C=O) groups is 1. The van der Waals surface area contributed by atoms with Crippen LogP contribution in [0.1, 0.15) is 15.9 Å². The van der Waals surface area contributed by atoms with Gasteiger partial charge in [0.05, 0.1) is 10.6 Å². The van der Waals surface area contributed by atoms with Gasteiger partial charge < -0.3 is 0 Å². The van der Waals surface area contributed by atoms with Gasteiger partial charge in [0.2, 0.25) is 0 Å². The van der Waals surface area contributed by atoms with Gasteiger partial charge in [-0.3, -0.25) is 15.2 Å². The number of aromatic nitrogens is 2. The van der Waals surface area contributed by atoms with Crippen LogP contribution in [0.25, 0.3) is 0 Å². The standard InChI is InChI=1S/C14H15ClN4OS/c1-9-5-4-6-10(15)12(9)13(20)18-19(2)11-7-8-16-14(17-11)21-3/h4-8H,1-3H3,(H,18,20). The molecule has 0 atom stereocenters. The van der Waals surface area contributed by atoms with Gasteiger partial charge in [0.25, 0.3) is 5.91 Å². The predicted molar refractivity (Wildman–Crippen MR) is 85.9 cm³/mol. The molecule has 0 saturated heterocycles. The normalized spacial score (nSPS) is 10.3. The van der Waals surface area contributed by atoms with Crippen LogP contribution in [0.3, 0.4) is 0 Å². The highest BCUT2D eigenvalue weighted by atomic mass is 35.5. The van der Waals surface area contributed by atoms with E-state index in [1.807, 2.05) is 25.3 Å². The van der Waals surface area contributed by atoms with Crippen LogP contribution in [0.15, 0.2) is 35.6 Å². The molecule has 110 valence electrons. The number of carbonyl (C=O) groups excluding carboxylic acids is 1. The molecule has 0 saturated carbocycles. The second-order valence-electron chi connectivity index (χ2n) is 4.33. The molecule has 0 radical (unpaired) electrons. The minimum Gasteiger partial charge on any atom is -0.271 e. The lowest BCUT2D eigenvalue weighted by molar-refractivity contribution is 0.0950. The maximum absolute atomic E-state index is 12.3. The Hall–Kier alpha value is -1.79. The Morgan fingerprint density at radius 3 is 2.81 bits per heavy atom. The fourth-order valence-electron chi connectivity index (χ4n) is 1.80. The Morgan fingerprint density at radius 2 is 2.14 bits per heavy atom. The number of anilines is 1. The molecule has 0 aliphatic carbocycles. The van der Waals surface area contributed by atoms with E-state index in [9.17, 15) is 4.79 Å². The van der Waals surface area contributed by atoms with E-state index < -0.39 is 0 Å². The van der Waals surface area contributed by atoms with Crippen LogP contribution in [0.4, 0.5) is 5.82 Å². The highest BCUT2D eigenvalue weighted by Crippen LogP contribution is 2.20. The zero-order chi connectivity index (χ0) is 15.4. The van der Waals surface area contributed by atoms with Crippen LogP contribution in [0.2, 0.25) is 5.02 Å². The van der Waals surface area contributed by atoms with Crippen LogP contribution in [0.5, 0.6) is 0 Å². The first kappa shape index (κ1) is 15.6. The topological polar surface area (TPSA) is 58.1 Å². The number of hydrogen-bond acceptors (Lipinski definition) is 5. The average molecular weight is 323 g/mol. The van der Waals surface area contributed by atoms with Gasteiger partial charge in [-0.25, -0.2) is 9.97 Å². The summed E-state index contributed by atoms with van der Waals surface area (Å²) in [7, 11) is 1.72. The SMILES string of the molecule is CSc1nccc(N(C)NC(=O)c2c(C)cccc2Cl)n1. The number of thioether (sulfide) groups is 1. The van der Waals surface area contributed by atoms with Crippen molar-refractivity contribution in [3.05, 3.63) is 46.6 Å². The smallest absolute Gasteiger partial charge is 0.271 e. The first-order valence-corrected chi connectivity index (χ1v) is 7.80. The molecule has 0 bridgehead atoms. The minimum atomic E-state index is -0.273. The molecule has 21 heavy (non-hydrogen) atoms. The second kappa shape index (κ2) is 6.78. The van der Waals surface area contributed by atoms with Crippen LogP contribution < -0.4 is 10.4 Å². The quantitative estimate of drug-likeness (QED) is 0.533. The van der Waals surface area contributed by atoms with Crippen LogP contribution >= 0.6 is 23.4 Å². The summed E-state index contributed by atoms with van der Waals surface area (Å²) in [6, 6.07) is 7.07. The predicted octanol–water partition coefficient (Wildman–Crippen LogP) is 2.94. The van der Waals surface area contributed by atoms with Crippen molar-refractivity contribution in [3.63, 3.8) is 0 Å². The largest absolute Gasteiger partial charge is 0.271 e. The second-order valence-corrected chi connectivity index (χ2v) is 5.51.